The van der Waals surface area contributed by atoms with Gasteiger partial charge in [-0.15, -0.1) is 0 Å². The Morgan fingerprint density at radius 2 is 0.947 bits per heavy atom. The van der Waals surface area contributed by atoms with Crippen molar-refractivity contribution in [1.82, 2.24) is 20.6 Å². The maximum absolute atomic E-state index is 12.8. The van der Waals surface area contributed by atoms with E-state index in [1.165, 1.54) is 24.8 Å². The second-order valence-electron chi connectivity index (χ2n) is 8.55. The van der Waals surface area contributed by atoms with Crippen LogP contribution in [-0.2, 0) is 9.59 Å². The summed E-state index contributed by atoms with van der Waals surface area (Å²) in [4.78, 5) is 58.2. The number of nitrogens with one attached hydrogen (secondary N) is 4. The number of pyridine rings is 2. The van der Waals surface area contributed by atoms with E-state index < -0.39 is 23.9 Å². The summed E-state index contributed by atoms with van der Waals surface area (Å²) in [6.07, 6.45) is 6.01. The molecule has 4 aromatic rings. The van der Waals surface area contributed by atoms with Gasteiger partial charge in [0, 0.05) is 58.1 Å². The van der Waals surface area contributed by atoms with Crippen molar-refractivity contribution in [1.29, 1.82) is 0 Å². The van der Waals surface area contributed by atoms with Gasteiger partial charge in [0.05, 0.1) is 0 Å². The van der Waals surface area contributed by atoms with Gasteiger partial charge in [-0.2, -0.15) is 0 Å². The summed E-state index contributed by atoms with van der Waals surface area (Å²) in [6.45, 7) is 3.18. The molecule has 4 amide bonds. The van der Waals surface area contributed by atoms with Crippen LogP contribution in [0.15, 0.2) is 85.5 Å². The van der Waals surface area contributed by atoms with E-state index in [4.69, 9.17) is 0 Å². The summed E-state index contributed by atoms with van der Waals surface area (Å²) in [5, 5.41) is 12.4. The monoisotopic (exact) mass is 510 g/mol. The van der Waals surface area contributed by atoms with Crippen LogP contribution in [0.5, 0.6) is 0 Å². The minimum atomic E-state index is -0.807. The number of amides is 4. The van der Waals surface area contributed by atoms with Gasteiger partial charge in [0.25, 0.3) is 11.8 Å². The SMILES string of the molecule is C[C@@H](NC(=O)c1ccncc1)C(=O)Nc1cccc2c(NC(=O)[C@@H](C)NC(=O)c3ccncc3)cccc12. The molecule has 10 heteroatoms. The standard InChI is InChI=1S/C28H26N6O4/c1-17(31-27(37)19-9-13-29-14-10-19)25(35)33-23-7-3-6-22-21(23)5-4-8-24(22)34-26(36)18(2)32-28(38)20-11-15-30-16-12-20/h3-18H,1-2H3,(H,31,37)(H,32,38)(H,33,35)(H,34,36)/t17-,18-/m1/s1. The molecule has 2 aromatic heterocycles. The second kappa shape index (κ2) is 11.7. The van der Waals surface area contributed by atoms with E-state index in [2.05, 4.69) is 31.2 Å². The molecule has 2 heterocycles. The summed E-state index contributed by atoms with van der Waals surface area (Å²) in [6, 6.07) is 15.2. The van der Waals surface area contributed by atoms with Crippen LogP contribution < -0.4 is 21.3 Å². The Hall–Kier alpha value is -5.12. The van der Waals surface area contributed by atoms with Crippen LogP contribution >= 0.6 is 0 Å². The summed E-state index contributed by atoms with van der Waals surface area (Å²) >= 11 is 0. The van der Waals surface area contributed by atoms with Crippen molar-refractivity contribution in [2.24, 2.45) is 0 Å². The second-order valence-corrected chi connectivity index (χ2v) is 8.55. The van der Waals surface area contributed by atoms with Gasteiger partial charge in [-0.1, -0.05) is 24.3 Å². The van der Waals surface area contributed by atoms with Gasteiger partial charge in [0.15, 0.2) is 0 Å². The molecule has 0 fully saturated rings. The van der Waals surface area contributed by atoms with Gasteiger partial charge in [0.2, 0.25) is 11.8 Å². The Kier molecular flexibility index (Phi) is 8.02. The Labute approximate surface area is 218 Å². The zero-order chi connectivity index (χ0) is 27.1. The maximum Gasteiger partial charge on any atom is 0.252 e. The average molecular weight is 511 g/mol. The fourth-order valence-electron chi connectivity index (χ4n) is 3.71. The lowest BCUT2D eigenvalue weighted by atomic mass is 10.1. The molecule has 38 heavy (non-hydrogen) atoms. The summed E-state index contributed by atoms with van der Waals surface area (Å²) in [7, 11) is 0. The molecule has 0 radical (unpaired) electrons. The van der Waals surface area contributed by atoms with E-state index in [9.17, 15) is 19.2 Å². The normalized spacial score (nSPS) is 12.2. The molecule has 2 atom stereocenters. The molecule has 0 aliphatic rings. The quantitative estimate of drug-likeness (QED) is 0.287. The van der Waals surface area contributed by atoms with Crippen molar-refractivity contribution < 1.29 is 19.2 Å². The van der Waals surface area contributed by atoms with Crippen molar-refractivity contribution in [2.45, 2.75) is 25.9 Å². The van der Waals surface area contributed by atoms with Gasteiger partial charge >= 0.3 is 0 Å². The number of fused-ring (bicyclic) bond motifs is 1. The predicted molar refractivity (Wildman–Crippen MR) is 144 cm³/mol. The molecule has 2 aromatic carbocycles. The van der Waals surface area contributed by atoms with Gasteiger partial charge in [0.1, 0.15) is 12.1 Å². The van der Waals surface area contributed by atoms with Crippen LogP contribution in [0.1, 0.15) is 34.6 Å². The van der Waals surface area contributed by atoms with Crippen LogP contribution in [0.25, 0.3) is 10.8 Å². The molecule has 192 valence electrons. The fourth-order valence-corrected chi connectivity index (χ4v) is 3.71. The fraction of sp³-hybridized carbons (Fsp3) is 0.143. The highest BCUT2D eigenvalue weighted by atomic mass is 16.2. The van der Waals surface area contributed by atoms with Gasteiger partial charge in [-0.05, 0) is 50.2 Å². The first-order valence-corrected chi connectivity index (χ1v) is 11.9. The zero-order valence-corrected chi connectivity index (χ0v) is 20.8. The number of benzene rings is 2. The molecule has 4 N–H and O–H groups in total. The number of carbonyl (C=O) groups excluding carboxylic acids is 4. The first-order valence-electron chi connectivity index (χ1n) is 11.9. The Morgan fingerprint density at radius 1 is 0.579 bits per heavy atom. The topological polar surface area (TPSA) is 142 Å². The minimum absolute atomic E-state index is 0.386. The van der Waals surface area contributed by atoms with Crippen molar-refractivity contribution in [3.8, 4) is 0 Å². The molecule has 0 saturated heterocycles. The van der Waals surface area contributed by atoms with Crippen LogP contribution in [0, 0.1) is 0 Å². The maximum atomic E-state index is 12.8. The number of rotatable bonds is 8. The largest absolute Gasteiger partial charge is 0.341 e. The Bertz CT molecular complexity index is 1360. The lowest BCUT2D eigenvalue weighted by Crippen LogP contribution is -2.41. The van der Waals surface area contributed by atoms with E-state index in [-0.39, 0.29) is 11.8 Å². The summed E-state index contributed by atoms with van der Waals surface area (Å²) in [5.74, 6) is -1.57. The average Bonchev–Trinajstić information content (AvgIpc) is 2.94. The third-order valence-electron chi connectivity index (χ3n) is 5.80. The highest BCUT2D eigenvalue weighted by Crippen LogP contribution is 2.29. The number of hydrogen-bond donors (Lipinski definition) is 4. The number of carbonyl (C=O) groups is 4. The lowest BCUT2D eigenvalue weighted by molar-refractivity contribution is -0.118. The van der Waals surface area contributed by atoms with Crippen LogP contribution in [0.4, 0.5) is 11.4 Å². The van der Waals surface area contributed by atoms with Gasteiger partial charge in [-0.3, -0.25) is 29.1 Å². The first kappa shape index (κ1) is 26.0. The number of anilines is 2. The van der Waals surface area contributed by atoms with E-state index in [0.29, 0.717) is 33.3 Å². The highest BCUT2D eigenvalue weighted by molar-refractivity contribution is 6.11. The van der Waals surface area contributed by atoms with Crippen molar-refractivity contribution in [3.05, 3.63) is 96.6 Å². The van der Waals surface area contributed by atoms with Crippen LogP contribution in [0.2, 0.25) is 0 Å². The lowest BCUT2D eigenvalue weighted by Gasteiger charge is -2.17. The van der Waals surface area contributed by atoms with Gasteiger partial charge in [-0.25, -0.2) is 0 Å². The third-order valence-corrected chi connectivity index (χ3v) is 5.80. The molecule has 0 bridgehead atoms. The van der Waals surface area contributed by atoms with E-state index >= 15 is 0 Å². The zero-order valence-electron chi connectivity index (χ0n) is 20.8. The number of hydrogen-bond acceptors (Lipinski definition) is 6. The van der Waals surface area contributed by atoms with Gasteiger partial charge < -0.3 is 21.3 Å². The summed E-state index contributed by atoms with van der Waals surface area (Å²) < 4.78 is 0. The molecule has 10 nitrogen and oxygen atoms in total. The van der Waals surface area contributed by atoms with E-state index in [1.54, 1.807) is 62.4 Å². The molecule has 0 aliphatic heterocycles. The predicted octanol–water partition coefficient (Wildman–Crippen LogP) is 3.14. The molecule has 0 saturated carbocycles. The van der Waals surface area contributed by atoms with E-state index in [0.717, 1.165) is 0 Å². The number of nitrogens with zero attached hydrogens (tertiary/aromatic N) is 2. The molecule has 4 rings (SSSR count). The molecule has 0 unspecified atom stereocenters. The first-order chi connectivity index (χ1) is 18.3. The summed E-state index contributed by atoms with van der Waals surface area (Å²) in [5.41, 5.74) is 1.84. The van der Waals surface area contributed by atoms with Crippen molar-refractivity contribution >= 4 is 45.8 Å². The smallest absolute Gasteiger partial charge is 0.252 e. The molecular weight excluding hydrogens is 484 g/mol. The third kappa shape index (κ3) is 6.16. The molecule has 0 aliphatic carbocycles. The highest BCUT2D eigenvalue weighted by Gasteiger charge is 2.20. The van der Waals surface area contributed by atoms with Crippen LogP contribution in [0.3, 0.4) is 0 Å². The van der Waals surface area contributed by atoms with Crippen molar-refractivity contribution in [2.75, 3.05) is 10.6 Å². The van der Waals surface area contributed by atoms with Crippen molar-refractivity contribution in [3.63, 3.8) is 0 Å². The minimum Gasteiger partial charge on any atom is -0.341 e. The Morgan fingerprint density at radius 3 is 1.32 bits per heavy atom. The molecular formula is C28H26N6O4. The molecule has 0 spiro atoms. The Balaban J connectivity index is 1.44. The van der Waals surface area contributed by atoms with Crippen LogP contribution in [-0.4, -0.2) is 45.7 Å². The van der Waals surface area contributed by atoms with E-state index in [1.807, 2.05) is 12.1 Å². The number of aromatic nitrogens is 2.